The van der Waals surface area contributed by atoms with Gasteiger partial charge in [0.05, 0.1) is 0 Å². The Morgan fingerprint density at radius 1 is 1.10 bits per heavy atom. The lowest BCUT2D eigenvalue weighted by molar-refractivity contribution is 0.339. The Balaban J connectivity index is 1.57. The Hall–Kier alpha value is -1.45. The highest BCUT2D eigenvalue weighted by molar-refractivity contribution is 5.79. The topological polar surface area (TPSA) is 41.4 Å². The third kappa shape index (κ3) is 5.27. The van der Waals surface area contributed by atoms with E-state index in [9.17, 15) is 0 Å². The minimum atomic E-state index is 0.901. The summed E-state index contributed by atoms with van der Waals surface area (Å²) in [5, 5.41) is 6.79. The van der Waals surface area contributed by atoms with Crippen LogP contribution in [0.5, 0.6) is 0 Å². The van der Waals surface area contributed by atoms with Crippen molar-refractivity contribution in [2.24, 2.45) is 10.9 Å². The molecule has 0 radical (unpaired) electrons. The molecule has 1 heterocycles. The van der Waals surface area contributed by atoms with Gasteiger partial charge in [-0.3, -0.25) is 4.99 Å². The van der Waals surface area contributed by atoms with Gasteiger partial charge in [-0.1, -0.05) is 32.1 Å². The van der Waals surface area contributed by atoms with Crippen LogP contribution in [-0.4, -0.2) is 30.7 Å². The molecule has 20 heavy (non-hydrogen) atoms. The van der Waals surface area contributed by atoms with E-state index >= 15 is 0 Å². The van der Waals surface area contributed by atoms with E-state index in [0.717, 1.165) is 31.5 Å². The normalized spacial score (nSPS) is 17.1. The quantitative estimate of drug-likeness (QED) is 0.619. The number of aliphatic imine (C=N–C) groups is 1. The molecule has 4 heteroatoms. The summed E-state index contributed by atoms with van der Waals surface area (Å²) < 4.78 is 2.17. The van der Waals surface area contributed by atoms with Crippen LogP contribution in [0, 0.1) is 5.92 Å². The Morgan fingerprint density at radius 3 is 2.50 bits per heavy atom. The second kappa shape index (κ2) is 8.67. The minimum Gasteiger partial charge on any atom is -0.356 e. The monoisotopic (exact) mass is 276 g/mol. The summed E-state index contributed by atoms with van der Waals surface area (Å²) >= 11 is 0. The molecule has 0 bridgehead atoms. The molecule has 112 valence electrons. The maximum Gasteiger partial charge on any atom is 0.191 e. The van der Waals surface area contributed by atoms with Crippen molar-refractivity contribution < 1.29 is 0 Å². The average molecular weight is 276 g/mol. The number of hydrogen-bond acceptors (Lipinski definition) is 1. The average Bonchev–Trinajstić information content (AvgIpc) is 3.00. The molecule has 4 nitrogen and oxygen atoms in total. The van der Waals surface area contributed by atoms with E-state index in [1.54, 1.807) is 0 Å². The molecular formula is C16H28N4. The number of rotatable bonds is 6. The predicted octanol–water partition coefficient (Wildman–Crippen LogP) is 2.62. The van der Waals surface area contributed by atoms with E-state index in [0.29, 0.717) is 0 Å². The van der Waals surface area contributed by atoms with Crippen molar-refractivity contribution in [2.45, 2.75) is 45.1 Å². The molecule has 0 spiro atoms. The standard InChI is InChI=1S/C16H28N4/c1-17-16(19-11-14-20-12-5-6-13-20)18-10-9-15-7-3-2-4-8-15/h5-6,12-13,15H,2-4,7-11,14H2,1H3,(H2,17,18,19). The van der Waals surface area contributed by atoms with E-state index in [-0.39, 0.29) is 0 Å². The van der Waals surface area contributed by atoms with Gasteiger partial charge in [-0.2, -0.15) is 0 Å². The Morgan fingerprint density at radius 2 is 1.80 bits per heavy atom. The summed E-state index contributed by atoms with van der Waals surface area (Å²) in [5.74, 6) is 1.85. The zero-order chi connectivity index (χ0) is 14.0. The molecule has 2 rings (SSSR count). The molecule has 1 aromatic rings. The highest BCUT2D eigenvalue weighted by atomic mass is 15.2. The van der Waals surface area contributed by atoms with Gasteiger partial charge in [-0.25, -0.2) is 0 Å². The first-order valence-corrected chi connectivity index (χ1v) is 7.94. The van der Waals surface area contributed by atoms with E-state index < -0.39 is 0 Å². The zero-order valence-electron chi connectivity index (χ0n) is 12.6. The number of guanidine groups is 1. The first kappa shape index (κ1) is 14.9. The lowest BCUT2D eigenvalue weighted by Gasteiger charge is -2.22. The number of nitrogens with zero attached hydrogens (tertiary/aromatic N) is 2. The van der Waals surface area contributed by atoms with Crippen molar-refractivity contribution in [3.8, 4) is 0 Å². The largest absolute Gasteiger partial charge is 0.356 e. The third-order valence-electron chi connectivity index (χ3n) is 4.12. The molecule has 0 unspecified atom stereocenters. The maximum atomic E-state index is 4.27. The van der Waals surface area contributed by atoms with E-state index in [4.69, 9.17) is 0 Å². The molecule has 0 aromatic carbocycles. The van der Waals surface area contributed by atoms with Gasteiger partial charge in [-0.15, -0.1) is 0 Å². The van der Waals surface area contributed by atoms with E-state index in [1.165, 1.54) is 38.5 Å². The van der Waals surface area contributed by atoms with Crippen molar-refractivity contribution in [2.75, 3.05) is 20.1 Å². The minimum absolute atomic E-state index is 0.901. The highest BCUT2D eigenvalue weighted by Crippen LogP contribution is 2.25. The lowest BCUT2D eigenvalue weighted by atomic mass is 9.87. The summed E-state index contributed by atoms with van der Waals surface area (Å²) in [4.78, 5) is 4.27. The molecule has 0 saturated heterocycles. The molecule has 0 amide bonds. The molecule has 0 atom stereocenters. The van der Waals surface area contributed by atoms with Crippen molar-refractivity contribution in [3.63, 3.8) is 0 Å². The molecular weight excluding hydrogens is 248 g/mol. The van der Waals surface area contributed by atoms with Crippen molar-refractivity contribution in [1.29, 1.82) is 0 Å². The molecule has 1 aromatic heterocycles. The lowest BCUT2D eigenvalue weighted by Crippen LogP contribution is -2.39. The third-order valence-corrected chi connectivity index (χ3v) is 4.12. The smallest absolute Gasteiger partial charge is 0.191 e. The fourth-order valence-electron chi connectivity index (χ4n) is 2.91. The highest BCUT2D eigenvalue weighted by Gasteiger charge is 2.12. The van der Waals surface area contributed by atoms with E-state index in [2.05, 4.69) is 44.7 Å². The van der Waals surface area contributed by atoms with Crippen LogP contribution in [0.15, 0.2) is 29.5 Å². The molecule has 1 saturated carbocycles. The van der Waals surface area contributed by atoms with Gasteiger partial charge in [0.15, 0.2) is 5.96 Å². The molecule has 1 aliphatic rings. The predicted molar refractivity (Wildman–Crippen MR) is 85.0 cm³/mol. The summed E-state index contributed by atoms with van der Waals surface area (Å²) in [6.07, 6.45) is 12.6. The first-order chi connectivity index (χ1) is 9.88. The van der Waals surface area contributed by atoms with Gasteiger partial charge >= 0.3 is 0 Å². The zero-order valence-corrected chi connectivity index (χ0v) is 12.6. The number of aromatic nitrogens is 1. The Labute approximate surface area is 122 Å². The van der Waals surface area contributed by atoms with Crippen LogP contribution in [0.1, 0.15) is 38.5 Å². The molecule has 0 aliphatic heterocycles. The van der Waals surface area contributed by atoms with Crippen LogP contribution in [0.2, 0.25) is 0 Å². The second-order valence-corrected chi connectivity index (χ2v) is 5.64. The fraction of sp³-hybridized carbons (Fsp3) is 0.688. The van der Waals surface area contributed by atoms with Crippen LogP contribution >= 0.6 is 0 Å². The van der Waals surface area contributed by atoms with Gasteiger partial charge in [0, 0.05) is 39.1 Å². The van der Waals surface area contributed by atoms with Crippen molar-refractivity contribution >= 4 is 5.96 Å². The van der Waals surface area contributed by atoms with Crippen LogP contribution < -0.4 is 10.6 Å². The first-order valence-electron chi connectivity index (χ1n) is 7.94. The van der Waals surface area contributed by atoms with Crippen molar-refractivity contribution in [3.05, 3.63) is 24.5 Å². The summed E-state index contributed by atoms with van der Waals surface area (Å²) in [7, 11) is 1.84. The van der Waals surface area contributed by atoms with E-state index in [1.807, 2.05) is 7.05 Å². The number of hydrogen-bond donors (Lipinski definition) is 2. The molecule has 2 N–H and O–H groups in total. The van der Waals surface area contributed by atoms with Gasteiger partial charge in [0.1, 0.15) is 0 Å². The second-order valence-electron chi connectivity index (χ2n) is 5.64. The Bertz CT molecular complexity index is 377. The van der Waals surface area contributed by atoms with Crippen LogP contribution in [0.3, 0.4) is 0 Å². The van der Waals surface area contributed by atoms with Gasteiger partial charge in [0.2, 0.25) is 0 Å². The number of nitrogens with one attached hydrogen (secondary N) is 2. The Kier molecular flexibility index (Phi) is 6.48. The van der Waals surface area contributed by atoms with Crippen molar-refractivity contribution in [1.82, 2.24) is 15.2 Å². The van der Waals surface area contributed by atoms with Gasteiger partial charge in [-0.05, 0) is 24.5 Å². The van der Waals surface area contributed by atoms with Crippen LogP contribution in [0.25, 0.3) is 0 Å². The van der Waals surface area contributed by atoms with Crippen LogP contribution in [-0.2, 0) is 6.54 Å². The molecule has 1 aliphatic carbocycles. The molecule has 1 fully saturated rings. The maximum absolute atomic E-state index is 4.27. The van der Waals surface area contributed by atoms with Crippen LogP contribution in [0.4, 0.5) is 0 Å². The summed E-state index contributed by atoms with van der Waals surface area (Å²) in [6.45, 7) is 2.90. The SMILES string of the molecule is CN=C(NCCC1CCCCC1)NCCn1cccc1. The summed E-state index contributed by atoms with van der Waals surface area (Å²) in [5.41, 5.74) is 0. The fourth-order valence-corrected chi connectivity index (χ4v) is 2.91. The van der Waals surface area contributed by atoms with Gasteiger partial charge < -0.3 is 15.2 Å². The van der Waals surface area contributed by atoms with Gasteiger partial charge in [0.25, 0.3) is 0 Å². The summed E-state index contributed by atoms with van der Waals surface area (Å²) in [6, 6.07) is 4.11.